The summed E-state index contributed by atoms with van der Waals surface area (Å²) in [7, 11) is -2.17. The molecule has 86 valence electrons. The van der Waals surface area contributed by atoms with Crippen molar-refractivity contribution in [1.29, 1.82) is 5.26 Å². The van der Waals surface area contributed by atoms with Gasteiger partial charge in [-0.15, -0.1) is 0 Å². The van der Waals surface area contributed by atoms with E-state index in [4.69, 9.17) is 10.4 Å². The summed E-state index contributed by atoms with van der Waals surface area (Å²) in [5.74, 6) is 0. The van der Waals surface area contributed by atoms with Gasteiger partial charge in [0.05, 0.1) is 23.1 Å². The van der Waals surface area contributed by atoms with Crippen LogP contribution in [0.5, 0.6) is 0 Å². The molecule has 0 radical (unpaired) electrons. The zero-order valence-electron chi connectivity index (χ0n) is 8.79. The van der Waals surface area contributed by atoms with Gasteiger partial charge in [0.25, 0.3) is 0 Å². The Labute approximate surface area is 94.6 Å². The van der Waals surface area contributed by atoms with Crippen LogP contribution in [0.25, 0.3) is 0 Å². The van der Waals surface area contributed by atoms with Crippen LogP contribution in [0.4, 0.5) is 0 Å². The van der Waals surface area contributed by atoms with Gasteiger partial charge in [0.1, 0.15) is 0 Å². The maximum Gasteiger partial charge on any atom is 0.242 e. The molecule has 1 aromatic carbocycles. The van der Waals surface area contributed by atoms with E-state index in [0.29, 0.717) is 5.56 Å². The Morgan fingerprint density at radius 2 is 1.94 bits per heavy atom. The Morgan fingerprint density at radius 3 is 2.38 bits per heavy atom. The van der Waals surface area contributed by atoms with E-state index in [1.165, 1.54) is 31.3 Å². The molecule has 0 amide bonds. The Morgan fingerprint density at radius 1 is 1.38 bits per heavy atom. The number of nitriles is 1. The molecule has 0 fully saturated rings. The highest BCUT2D eigenvalue weighted by molar-refractivity contribution is 7.89. The molecule has 0 heterocycles. The van der Waals surface area contributed by atoms with E-state index in [0.717, 1.165) is 4.31 Å². The van der Waals surface area contributed by atoms with E-state index >= 15 is 0 Å². The molecule has 0 saturated heterocycles. The predicted molar refractivity (Wildman–Crippen MR) is 58.1 cm³/mol. The number of benzene rings is 1. The summed E-state index contributed by atoms with van der Waals surface area (Å²) in [6.07, 6.45) is 0. The summed E-state index contributed by atoms with van der Waals surface area (Å²) in [5, 5.41) is 17.3. The van der Waals surface area contributed by atoms with Crippen LogP contribution in [0, 0.1) is 11.3 Å². The maximum absolute atomic E-state index is 11.9. The van der Waals surface area contributed by atoms with Crippen LogP contribution in [0.2, 0.25) is 0 Å². The van der Waals surface area contributed by atoms with Crippen molar-refractivity contribution >= 4 is 10.0 Å². The normalized spacial score (nSPS) is 11.4. The number of likely N-dealkylation sites (N-methyl/N-ethyl adjacent to an activating group) is 1. The lowest BCUT2D eigenvalue weighted by molar-refractivity contribution is 0.266. The van der Waals surface area contributed by atoms with Crippen LogP contribution in [0.15, 0.2) is 29.2 Å². The summed E-state index contributed by atoms with van der Waals surface area (Å²) in [6.45, 7) is -0.186. The van der Waals surface area contributed by atoms with E-state index in [9.17, 15) is 8.42 Å². The van der Waals surface area contributed by atoms with Gasteiger partial charge in [0.2, 0.25) is 10.0 Å². The Kier molecular flexibility index (Phi) is 4.01. The van der Waals surface area contributed by atoms with Gasteiger partial charge in [0, 0.05) is 13.6 Å². The zero-order valence-corrected chi connectivity index (χ0v) is 9.61. The van der Waals surface area contributed by atoms with Crippen LogP contribution >= 0.6 is 0 Å². The van der Waals surface area contributed by atoms with Crippen molar-refractivity contribution in [3.63, 3.8) is 0 Å². The lowest BCUT2D eigenvalue weighted by Gasteiger charge is -2.15. The van der Waals surface area contributed by atoms with Gasteiger partial charge in [-0.1, -0.05) is 0 Å². The second-order valence-electron chi connectivity index (χ2n) is 3.19. The molecule has 0 saturated carbocycles. The molecule has 0 aliphatic carbocycles. The van der Waals surface area contributed by atoms with Gasteiger partial charge in [-0.2, -0.15) is 9.57 Å². The van der Waals surface area contributed by atoms with E-state index in [2.05, 4.69) is 0 Å². The third kappa shape index (κ3) is 2.58. The van der Waals surface area contributed by atoms with Crippen molar-refractivity contribution in [2.45, 2.75) is 4.90 Å². The molecule has 6 heteroatoms. The first-order valence-electron chi connectivity index (χ1n) is 4.59. The summed E-state index contributed by atoms with van der Waals surface area (Å²) in [5.41, 5.74) is 0.406. The molecule has 0 aliphatic rings. The second kappa shape index (κ2) is 5.07. The quantitative estimate of drug-likeness (QED) is 0.813. The lowest BCUT2D eigenvalue weighted by atomic mass is 10.2. The molecule has 0 aromatic heterocycles. The highest BCUT2D eigenvalue weighted by Crippen LogP contribution is 2.14. The molecule has 0 aliphatic heterocycles. The first-order valence-corrected chi connectivity index (χ1v) is 6.03. The molecule has 1 aromatic rings. The van der Waals surface area contributed by atoms with Crippen molar-refractivity contribution in [1.82, 2.24) is 4.31 Å². The van der Waals surface area contributed by atoms with E-state index in [1.807, 2.05) is 6.07 Å². The summed E-state index contributed by atoms with van der Waals surface area (Å²) in [4.78, 5) is 0.113. The standard InChI is InChI=1S/C10H12N2O3S/c1-12(6-7-13)16(14,15)10-4-2-9(8-11)3-5-10/h2-5,13H,6-7H2,1H3. The minimum Gasteiger partial charge on any atom is -0.395 e. The number of rotatable bonds is 4. The summed E-state index contributed by atoms with van der Waals surface area (Å²) >= 11 is 0. The number of sulfonamides is 1. The topological polar surface area (TPSA) is 81.4 Å². The van der Waals surface area contributed by atoms with Crippen LogP contribution in [-0.4, -0.2) is 38.0 Å². The van der Waals surface area contributed by atoms with Crippen LogP contribution in [0.1, 0.15) is 5.56 Å². The van der Waals surface area contributed by atoms with E-state index in [-0.39, 0.29) is 18.0 Å². The van der Waals surface area contributed by atoms with E-state index < -0.39 is 10.0 Å². The van der Waals surface area contributed by atoms with Gasteiger partial charge >= 0.3 is 0 Å². The molecular weight excluding hydrogens is 228 g/mol. The van der Waals surface area contributed by atoms with E-state index in [1.54, 1.807) is 0 Å². The summed E-state index contributed by atoms with van der Waals surface area (Å²) < 4.78 is 24.8. The fourth-order valence-electron chi connectivity index (χ4n) is 1.14. The number of hydrogen-bond acceptors (Lipinski definition) is 4. The molecule has 0 atom stereocenters. The minimum absolute atomic E-state index is 0.0440. The minimum atomic E-state index is -3.56. The monoisotopic (exact) mass is 240 g/mol. The average molecular weight is 240 g/mol. The van der Waals surface area contributed by atoms with Crippen molar-refractivity contribution in [2.75, 3.05) is 20.2 Å². The van der Waals surface area contributed by atoms with Crippen molar-refractivity contribution in [2.24, 2.45) is 0 Å². The fourth-order valence-corrected chi connectivity index (χ4v) is 2.30. The second-order valence-corrected chi connectivity index (χ2v) is 5.23. The maximum atomic E-state index is 11.9. The SMILES string of the molecule is CN(CCO)S(=O)(=O)c1ccc(C#N)cc1. The smallest absolute Gasteiger partial charge is 0.242 e. The lowest BCUT2D eigenvalue weighted by Crippen LogP contribution is -2.29. The predicted octanol–water partition coefficient (Wildman–Crippen LogP) is 0.171. The Bertz CT molecular complexity index is 488. The first-order chi connectivity index (χ1) is 7.52. The first kappa shape index (κ1) is 12.6. The number of hydrogen-bond donors (Lipinski definition) is 1. The van der Waals surface area contributed by atoms with Crippen molar-refractivity contribution < 1.29 is 13.5 Å². The molecular formula is C10H12N2O3S. The van der Waals surface area contributed by atoms with Crippen molar-refractivity contribution in [3.8, 4) is 6.07 Å². The number of nitrogens with zero attached hydrogens (tertiary/aromatic N) is 2. The molecule has 1 N–H and O–H groups in total. The Balaban J connectivity index is 3.04. The molecule has 16 heavy (non-hydrogen) atoms. The molecule has 1 rings (SSSR count). The van der Waals surface area contributed by atoms with Crippen LogP contribution in [-0.2, 0) is 10.0 Å². The van der Waals surface area contributed by atoms with Gasteiger partial charge in [-0.3, -0.25) is 0 Å². The van der Waals surface area contributed by atoms with Crippen LogP contribution < -0.4 is 0 Å². The van der Waals surface area contributed by atoms with Crippen LogP contribution in [0.3, 0.4) is 0 Å². The molecule has 0 unspecified atom stereocenters. The number of aliphatic hydroxyl groups is 1. The highest BCUT2D eigenvalue weighted by atomic mass is 32.2. The zero-order chi connectivity index (χ0) is 12.2. The average Bonchev–Trinajstić information content (AvgIpc) is 2.29. The largest absolute Gasteiger partial charge is 0.395 e. The molecule has 0 spiro atoms. The van der Waals surface area contributed by atoms with Gasteiger partial charge in [0.15, 0.2) is 0 Å². The van der Waals surface area contributed by atoms with Gasteiger partial charge in [-0.05, 0) is 24.3 Å². The van der Waals surface area contributed by atoms with Gasteiger partial charge in [-0.25, -0.2) is 8.42 Å². The van der Waals surface area contributed by atoms with Gasteiger partial charge < -0.3 is 5.11 Å². The molecule has 5 nitrogen and oxygen atoms in total. The Hall–Kier alpha value is -1.42. The molecule has 0 bridgehead atoms. The van der Waals surface area contributed by atoms with Crippen molar-refractivity contribution in [3.05, 3.63) is 29.8 Å². The number of aliphatic hydroxyl groups excluding tert-OH is 1. The summed E-state index contributed by atoms with van der Waals surface area (Å²) in [6, 6.07) is 7.55. The fraction of sp³-hybridized carbons (Fsp3) is 0.300. The third-order valence-electron chi connectivity index (χ3n) is 2.11. The third-order valence-corrected chi connectivity index (χ3v) is 3.98. The highest BCUT2D eigenvalue weighted by Gasteiger charge is 2.19.